The number of nitrogens with zero attached hydrogens (tertiary/aromatic N) is 5. The minimum atomic E-state index is -1.16. The van der Waals surface area contributed by atoms with E-state index in [1.807, 2.05) is 50.7 Å². The van der Waals surface area contributed by atoms with Gasteiger partial charge in [-0.25, -0.2) is 9.97 Å². The third-order valence-corrected chi connectivity index (χ3v) is 10.3. The second-order valence-electron chi connectivity index (χ2n) is 11.2. The monoisotopic (exact) mass is 544 g/mol. The summed E-state index contributed by atoms with van der Waals surface area (Å²) in [5.41, 5.74) is 0.751. The molecule has 3 aromatic heterocycles. The summed E-state index contributed by atoms with van der Waals surface area (Å²) in [5.74, 6) is 0.679. The zero-order chi connectivity index (χ0) is 26.5. The van der Waals surface area contributed by atoms with E-state index in [1.165, 1.54) is 11.8 Å². The average Bonchev–Trinajstić information content (AvgIpc) is 3.38. The molecule has 37 heavy (non-hydrogen) atoms. The predicted octanol–water partition coefficient (Wildman–Crippen LogP) is 3.24. The van der Waals surface area contributed by atoms with Crippen LogP contribution >= 0.6 is 11.8 Å². The van der Waals surface area contributed by atoms with Gasteiger partial charge in [0.25, 0.3) is 5.56 Å². The van der Waals surface area contributed by atoms with E-state index in [-0.39, 0.29) is 27.9 Å². The Bertz CT molecular complexity index is 1340. The quantitative estimate of drug-likeness (QED) is 0.489. The van der Waals surface area contributed by atoms with E-state index in [4.69, 9.17) is 9.72 Å². The number of pyridine rings is 1. The lowest BCUT2D eigenvalue weighted by Crippen LogP contribution is -2.57. The van der Waals surface area contributed by atoms with Crippen molar-refractivity contribution in [3.8, 4) is 0 Å². The second-order valence-corrected chi connectivity index (χ2v) is 14.3. The van der Waals surface area contributed by atoms with E-state index in [2.05, 4.69) is 21.5 Å². The fraction of sp³-hybridized carbons (Fsp3) is 0.577. The first-order valence-corrected chi connectivity index (χ1v) is 14.7. The zero-order valence-corrected chi connectivity index (χ0v) is 24.0. The minimum absolute atomic E-state index is 0.000839. The van der Waals surface area contributed by atoms with E-state index in [1.54, 1.807) is 24.0 Å². The molecular weight excluding hydrogens is 508 g/mol. The number of ether oxygens (including phenoxy) is 1. The van der Waals surface area contributed by atoms with Crippen molar-refractivity contribution < 1.29 is 9.29 Å². The molecule has 5 rings (SSSR count). The highest BCUT2D eigenvalue weighted by atomic mass is 32.2. The normalized spacial score (nSPS) is 22.7. The molecule has 1 N–H and O–H groups in total. The lowest BCUT2D eigenvalue weighted by Gasteiger charge is -2.43. The van der Waals surface area contributed by atoms with Crippen LogP contribution in [0.2, 0.25) is 0 Å². The van der Waals surface area contributed by atoms with Crippen LogP contribution in [-0.4, -0.2) is 60.2 Å². The maximum atomic E-state index is 13.3. The van der Waals surface area contributed by atoms with E-state index < -0.39 is 11.4 Å². The number of nitrogens with one attached hydrogen (secondary N) is 1. The van der Waals surface area contributed by atoms with Crippen LogP contribution in [0.15, 0.2) is 45.3 Å². The standard InChI is InChI=1S/C26H36N6O3S2/c1-17-21(29-37(34)25(2,3)4)26(16-35-17)9-13-32(14-10-26)24-28-15-20(23(33)31(24)6)36-19-7-11-27-22-18(19)8-12-30(22)5/h7-8,11-12,15,17,21,29H,9-10,13-14,16H2,1-6H3/t17-,21+,37+/m0/s1. The summed E-state index contributed by atoms with van der Waals surface area (Å²) < 4.78 is 25.6. The number of piperidine rings is 1. The van der Waals surface area contributed by atoms with Gasteiger partial charge in [-0.05, 0) is 52.7 Å². The van der Waals surface area contributed by atoms with E-state index in [0.29, 0.717) is 17.5 Å². The fourth-order valence-electron chi connectivity index (χ4n) is 5.33. The third-order valence-electron chi connectivity index (χ3n) is 7.66. The van der Waals surface area contributed by atoms with Crippen LogP contribution in [0.1, 0.15) is 40.5 Å². The van der Waals surface area contributed by atoms with Crippen molar-refractivity contribution in [1.29, 1.82) is 0 Å². The van der Waals surface area contributed by atoms with Crippen LogP contribution in [0.25, 0.3) is 11.0 Å². The van der Waals surface area contributed by atoms with E-state index >= 15 is 0 Å². The molecule has 0 radical (unpaired) electrons. The number of aromatic nitrogens is 4. The highest BCUT2D eigenvalue weighted by molar-refractivity contribution is 7.99. The molecule has 2 aliphatic rings. The van der Waals surface area contributed by atoms with Gasteiger partial charge >= 0.3 is 0 Å². The summed E-state index contributed by atoms with van der Waals surface area (Å²) in [7, 11) is 3.75. The van der Waals surface area contributed by atoms with E-state index in [9.17, 15) is 9.35 Å². The Balaban J connectivity index is 1.32. The number of hydrogen-bond acceptors (Lipinski definition) is 8. The molecule has 5 heterocycles. The summed E-state index contributed by atoms with van der Waals surface area (Å²) in [6.07, 6.45) is 7.20. The van der Waals surface area contributed by atoms with Crippen molar-refractivity contribution in [3.63, 3.8) is 0 Å². The van der Waals surface area contributed by atoms with Crippen molar-refractivity contribution >= 4 is 40.1 Å². The first-order valence-electron chi connectivity index (χ1n) is 12.7. The van der Waals surface area contributed by atoms with Gasteiger partial charge in [-0.3, -0.25) is 9.36 Å². The van der Waals surface area contributed by atoms with Crippen LogP contribution in [0.5, 0.6) is 0 Å². The van der Waals surface area contributed by atoms with E-state index in [0.717, 1.165) is 41.9 Å². The topological polar surface area (TPSA) is 100 Å². The summed E-state index contributed by atoms with van der Waals surface area (Å²) >= 11 is 0.265. The first-order chi connectivity index (χ1) is 17.5. The van der Waals surface area contributed by atoms with Crippen molar-refractivity contribution in [1.82, 2.24) is 23.8 Å². The lowest BCUT2D eigenvalue weighted by molar-refractivity contribution is 0.0972. The minimum Gasteiger partial charge on any atom is -0.598 e. The van der Waals surface area contributed by atoms with Crippen LogP contribution in [0.3, 0.4) is 0 Å². The Kier molecular flexibility index (Phi) is 7.12. The zero-order valence-electron chi connectivity index (χ0n) is 22.4. The number of rotatable bonds is 5. The predicted molar refractivity (Wildman–Crippen MR) is 148 cm³/mol. The van der Waals surface area contributed by atoms with Crippen molar-refractivity contribution in [3.05, 3.63) is 41.1 Å². The molecule has 0 amide bonds. The Morgan fingerprint density at radius 2 is 1.92 bits per heavy atom. The molecule has 0 bridgehead atoms. The highest BCUT2D eigenvalue weighted by Crippen LogP contribution is 2.43. The average molecular weight is 545 g/mol. The van der Waals surface area contributed by atoms with Gasteiger partial charge in [0.1, 0.15) is 10.4 Å². The van der Waals surface area contributed by atoms with Gasteiger partial charge in [-0.1, -0.05) is 11.8 Å². The third kappa shape index (κ3) is 4.92. The Hall–Kier alpha value is -2.05. The molecule has 9 nitrogen and oxygen atoms in total. The van der Waals surface area contributed by atoms with Crippen LogP contribution in [-0.2, 0) is 30.2 Å². The molecule has 0 aliphatic carbocycles. The van der Waals surface area contributed by atoms with Gasteiger partial charge in [-0.2, -0.15) is 0 Å². The Morgan fingerprint density at radius 1 is 1.19 bits per heavy atom. The smallest absolute Gasteiger partial charge is 0.268 e. The molecule has 3 aromatic rings. The molecule has 2 saturated heterocycles. The highest BCUT2D eigenvalue weighted by Gasteiger charge is 2.52. The SMILES string of the molecule is C[C@@H]1OCC2(CCN(c3ncc(Sc4ccnc5c4ccn5C)c(=O)n3C)CC2)[C@@H]1N[S@+]([O-])C(C)(C)C. The van der Waals surface area contributed by atoms with Gasteiger partial charge in [-0.15, -0.1) is 4.72 Å². The van der Waals surface area contributed by atoms with Crippen LogP contribution in [0.4, 0.5) is 5.95 Å². The number of aryl methyl sites for hydroxylation is 1. The van der Waals surface area contributed by atoms with Crippen molar-refractivity contribution in [2.75, 3.05) is 24.6 Å². The molecule has 2 aliphatic heterocycles. The molecule has 1 spiro atoms. The summed E-state index contributed by atoms with van der Waals surface area (Å²) in [6.45, 7) is 10.2. The number of fused-ring (bicyclic) bond motifs is 1. The molecule has 0 aromatic carbocycles. The largest absolute Gasteiger partial charge is 0.598 e. The van der Waals surface area contributed by atoms with Gasteiger partial charge < -0.3 is 18.8 Å². The summed E-state index contributed by atoms with van der Waals surface area (Å²) in [5, 5.41) is 1.02. The lowest BCUT2D eigenvalue weighted by atomic mass is 9.73. The van der Waals surface area contributed by atoms with Gasteiger partial charge in [0.2, 0.25) is 5.95 Å². The summed E-state index contributed by atoms with van der Waals surface area (Å²) in [6, 6.07) is 3.99. The number of hydrogen-bond donors (Lipinski definition) is 1. The molecule has 2 fully saturated rings. The maximum absolute atomic E-state index is 13.3. The van der Waals surface area contributed by atoms with Crippen LogP contribution in [0, 0.1) is 5.41 Å². The molecule has 200 valence electrons. The maximum Gasteiger partial charge on any atom is 0.268 e. The van der Waals surface area contributed by atoms with Gasteiger partial charge in [0.15, 0.2) is 0 Å². The molecule has 0 saturated carbocycles. The van der Waals surface area contributed by atoms with Crippen LogP contribution < -0.4 is 15.2 Å². The van der Waals surface area contributed by atoms with Crippen molar-refractivity contribution in [2.24, 2.45) is 19.5 Å². The second kappa shape index (κ2) is 9.92. The fourth-order valence-corrected chi connectivity index (χ4v) is 7.32. The Labute approximate surface area is 225 Å². The number of anilines is 1. The first kappa shape index (κ1) is 26.6. The molecular formula is C26H36N6O3S2. The molecule has 3 atom stereocenters. The van der Waals surface area contributed by atoms with Crippen molar-refractivity contribution in [2.45, 2.75) is 67.2 Å². The molecule has 11 heteroatoms. The summed E-state index contributed by atoms with van der Waals surface area (Å²) in [4.78, 5) is 26.2. The Morgan fingerprint density at radius 3 is 2.62 bits per heavy atom. The van der Waals surface area contributed by atoms with Gasteiger partial charge in [0, 0.05) is 66.6 Å². The van der Waals surface area contributed by atoms with Gasteiger partial charge in [0.05, 0.1) is 29.8 Å². The molecule has 0 unspecified atom stereocenters.